The number of amides is 6. The highest BCUT2D eigenvalue weighted by molar-refractivity contribution is 5.99. The topological polar surface area (TPSA) is 192 Å². The van der Waals surface area contributed by atoms with Crippen molar-refractivity contribution in [3.8, 4) is 0 Å². The predicted molar refractivity (Wildman–Crippen MR) is 144 cm³/mol. The number of aliphatic hydroxyl groups is 1. The van der Waals surface area contributed by atoms with Crippen LogP contribution in [-0.4, -0.2) is 59.4 Å². The number of hydrogen-bond donors (Lipinski definition) is 7. The molecule has 0 unspecified atom stereocenters. The van der Waals surface area contributed by atoms with Gasteiger partial charge in [-0.3, -0.25) is 19.2 Å². The molecule has 12 nitrogen and oxygen atoms in total. The maximum atomic E-state index is 13.3. The highest BCUT2D eigenvalue weighted by Gasteiger charge is 2.31. The van der Waals surface area contributed by atoms with Crippen molar-refractivity contribution >= 4 is 35.3 Å². The number of benzene rings is 1. The van der Waals surface area contributed by atoms with Crippen LogP contribution in [-0.2, 0) is 25.8 Å². The molecule has 0 aromatic heterocycles. The van der Waals surface area contributed by atoms with Gasteiger partial charge in [0.15, 0.2) is 0 Å². The summed E-state index contributed by atoms with van der Waals surface area (Å²) in [5, 5.41) is 22.5. The van der Waals surface area contributed by atoms with Crippen molar-refractivity contribution in [3.05, 3.63) is 29.8 Å². The van der Waals surface area contributed by atoms with Gasteiger partial charge in [0, 0.05) is 19.2 Å². The maximum absolute atomic E-state index is 13.3. The van der Waals surface area contributed by atoms with E-state index in [1.807, 2.05) is 13.8 Å². The van der Waals surface area contributed by atoms with E-state index in [9.17, 15) is 29.1 Å². The Labute approximate surface area is 223 Å². The number of anilines is 1. The lowest BCUT2D eigenvalue weighted by molar-refractivity contribution is -0.134. The first-order chi connectivity index (χ1) is 17.8. The van der Waals surface area contributed by atoms with Gasteiger partial charge >= 0.3 is 6.03 Å². The van der Waals surface area contributed by atoms with Gasteiger partial charge in [-0.1, -0.05) is 39.8 Å². The molecule has 3 atom stereocenters. The van der Waals surface area contributed by atoms with Crippen LogP contribution in [0.25, 0.3) is 0 Å². The molecule has 0 radical (unpaired) electrons. The lowest BCUT2D eigenvalue weighted by Crippen LogP contribution is -2.57. The second-order valence-corrected chi connectivity index (χ2v) is 9.95. The number of carbonyl (C=O) groups excluding carboxylic acids is 5. The van der Waals surface area contributed by atoms with E-state index in [-0.39, 0.29) is 37.3 Å². The number of urea groups is 1. The van der Waals surface area contributed by atoms with E-state index in [1.165, 1.54) is 6.92 Å². The summed E-state index contributed by atoms with van der Waals surface area (Å²) in [4.78, 5) is 61.9. The van der Waals surface area contributed by atoms with Crippen LogP contribution in [0.15, 0.2) is 24.3 Å². The van der Waals surface area contributed by atoms with Gasteiger partial charge in [0.25, 0.3) is 0 Å². The van der Waals surface area contributed by atoms with E-state index in [4.69, 9.17) is 5.73 Å². The van der Waals surface area contributed by atoms with Gasteiger partial charge < -0.3 is 37.4 Å². The Balaban J connectivity index is 3.02. The fraction of sp³-hybridized carbons (Fsp3) is 0.577. The van der Waals surface area contributed by atoms with E-state index >= 15 is 0 Å². The van der Waals surface area contributed by atoms with Gasteiger partial charge in [-0.2, -0.15) is 0 Å². The third kappa shape index (κ3) is 12.0. The monoisotopic (exact) mass is 534 g/mol. The highest BCUT2D eigenvalue weighted by atomic mass is 16.3. The maximum Gasteiger partial charge on any atom is 0.312 e. The molecule has 0 bridgehead atoms. The van der Waals surface area contributed by atoms with Gasteiger partial charge in [-0.15, -0.1) is 0 Å². The van der Waals surface area contributed by atoms with Gasteiger partial charge in [0.2, 0.25) is 23.6 Å². The van der Waals surface area contributed by atoms with Crippen LogP contribution in [0.1, 0.15) is 59.4 Å². The molecular weight excluding hydrogens is 492 g/mol. The smallest absolute Gasteiger partial charge is 0.312 e. The van der Waals surface area contributed by atoms with Gasteiger partial charge in [0.05, 0.1) is 6.61 Å². The molecule has 0 heterocycles. The number of nitrogens with two attached hydrogens (primary N) is 1. The Morgan fingerprint density at radius 2 is 1.50 bits per heavy atom. The summed E-state index contributed by atoms with van der Waals surface area (Å²) >= 11 is 0. The Morgan fingerprint density at radius 3 is 2.00 bits per heavy atom. The highest BCUT2D eigenvalue weighted by Crippen LogP contribution is 2.12. The standard InChI is InChI=1S/C26H42N6O6/c1-15(2)13-21(29-17(5)34)24(36)32-22(16(3)4)25(37)31-20(7-6-12-28-26(27)38)23(35)30-19-10-8-18(14-33)9-11-19/h8-11,15-16,20-22,33H,6-7,12-14H2,1-5H3,(H,29,34)(H,30,35)(H,31,37)(H,32,36)(H3,27,28,38)/t20-,21-,22-/m0/s1. The van der Waals surface area contributed by atoms with Crippen LogP contribution >= 0.6 is 0 Å². The molecule has 0 saturated heterocycles. The molecule has 0 saturated carbocycles. The molecule has 38 heavy (non-hydrogen) atoms. The van der Waals surface area contributed by atoms with Crippen LogP contribution in [0.4, 0.5) is 10.5 Å². The summed E-state index contributed by atoms with van der Waals surface area (Å²) in [5.74, 6) is -2.08. The van der Waals surface area contributed by atoms with Gasteiger partial charge in [0.1, 0.15) is 18.1 Å². The molecule has 0 spiro atoms. The van der Waals surface area contributed by atoms with E-state index in [1.54, 1.807) is 38.1 Å². The minimum atomic E-state index is -0.977. The van der Waals surface area contributed by atoms with Crippen molar-refractivity contribution in [3.63, 3.8) is 0 Å². The average Bonchev–Trinajstić information content (AvgIpc) is 2.83. The van der Waals surface area contributed by atoms with Crippen LogP contribution in [0.3, 0.4) is 0 Å². The molecule has 212 valence electrons. The molecule has 0 fully saturated rings. The molecular formula is C26H42N6O6. The van der Waals surface area contributed by atoms with Crippen LogP contribution in [0.2, 0.25) is 0 Å². The molecule has 0 aliphatic carbocycles. The number of rotatable bonds is 15. The summed E-state index contributed by atoms with van der Waals surface area (Å²) in [6.45, 7) is 8.75. The summed E-state index contributed by atoms with van der Waals surface area (Å²) in [5.41, 5.74) is 6.25. The third-order valence-electron chi connectivity index (χ3n) is 5.65. The van der Waals surface area contributed by atoms with E-state index < -0.39 is 41.9 Å². The lowest BCUT2D eigenvalue weighted by atomic mass is 9.99. The number of nitrogens with one attached hydrogen (secondary N) is 5. The minimum Gasteiger partial charge on any atom is -0.392 e. The van der Waals surface area contributed by atoms with Crippen molar-refractivity contribution in [2.24, 2.45) is 17.6 Å². The molecule has 1 rings (SSSR count). The number of hydrogen-bond acceptors (Lipinski definition) is 6. The zero-order chi connectivity index (χ0) is 28.8. The molecule has 1 aromatic rings. The molecule has 8 N–H and O–H groups in total. The van der Waals surface area contributed by atoms with E-state index in [0.29, 0.717) is 24.1 Å². The van der Waals surface area contributed by atoms with Crippen molar-refractivity contribution in [2.45, 2.75) is 78.6 Å². The van der Waals surface area contributed by atoms with Crippen LogP contribution < -0.4 is 32.3 Å². The number of aliphatic hydroxyl groups excluding tert-OH is 1. The molecule has 0 aliphatic heterocycles. The van der Waals surface area contributed by atoms with Gasteiger partial charge in [-0.25, -0.2) is 4.79 Å². The predicted octanol–water partition coefficient (Wildman–Crippen LogP) is 0.742. The van der Waals surface area contributed by atoms with Crippen LogP contribution in [0.5, 0.6) is 0 Å². The summed E-state index contributed by atoms with van der Waals surface area (Å²) in [6.07, 6.45) is 0.931. The first-order valence-electron chi connectivity index (χ1n) is 12.8. The zero-order valence-electron chi connectivity index (χ0n) is 22.8. The second kappa shape index (κ2) is 16.2. The summed E-state index contributed by atoms with van der Waals surface area (Å²) < 4.78 is 0. The zero-order valence-corrected chi connectivity index (χ0v) is 22.8. The Kier molecular flexibility index (Phi) is 13.8. The summed E-state index contributed by atoms with van der Waals surface area (Å²) in [6, 6.07) is 3.14. The van der Waals surface area contributed by atoms with Crippen molar-refractivity contribution < 1.29 is 29.1 Å². The Hall–Kier alpha value is -3.67. The minimum absolute atomic E-state index is 0.123. The summed E-state index contributed by atoms with van der Waals surface area (Å²) in [7, 11) is 0. The van der Waals surface area contributed by atoms with Gasteiger partial charge in [-0.05, 0) is 48.8 Å². The van der Waals surface area contributed by atoms with Crippen LogP contribution in [0, 0.1) is 11.8 Å². The average molecular weight is 535 g/mol. The second-order valence-electron chi connectivity index (χ2n) is 9.95. The van der Waals surface area contributed by atoms with Crippen molar-refractivity contribution in [2.75, 3.05) is 11.9 Å². The van der Waals surface area contributed by atoms with Crippen molar-refractivity contribution in [1.82, 2.24) is 21.3 Å². The molecule has 0 aliphatic rings. The molecule has 1 aromatic carbocycles. The fourth-order valence-electron chi connectivity index (χ4n) is 3.71. The number of carbonyl (C=O) groups is 5. The van der Waals surface area contributed by atoms with Crippen molar-refractivity contribution in [1.29, 1.82) is 0 Å². The van der Waals surface area contributed by atoms with E-state index in [0.717, 1.165) is 0 Å². The SMILES string of the molecule is CC(=O)N[C@@H](CC(C)C)C(=O)N[C@H](C(=O)N[C@@H](CCCNC(N)=O)C(=O)Nc1ccc(CO)cc1)C(C)C. The normalized spacial score (nSPS) is 13.3. The Morgan fingerprint density at radius 1 is 0.868 bits per heavy atom. The lowest BCUT2D eigenvalue weighted by Gasteiger charge is -2.27. The number of primary amides is 1. The Bertz CT molecular complexity index is 950. The largest absolute Gasteiger partial charge is 0.392 e. The first kappa shape index (κ1) is 32.4. The molecule has 6 amide bonds. The fourth-order valence-corrected chi connectivity index (χ4v) is 3.71. The third-order valence-corrected chi connectivity index (χ3v) is 5.65. The molecule has 12 heteroatoms. The van der Waals surface area contributed by atoms with E-state index in [2.05, 4.69) is 26.6 Å². The quantitative estimate of drug-likeness (QED) is 0.162. The first-order valence-corrected chi connectivity index (χ1v) is 12.8.